The third-order valence-electron chi connectivity index (χ3n) is 2.97. The molecule has 0 unspecified atom stereocenters. The molecular weight excluding hydrogens is 356 g/mol. The van der Waals surface area contributed by atoms with E-state index in [0.717, 1.165) is 20.5 Å². The maximum absolute atomic E-state index is 5.92. The zero-order valence-corrected chi connectivity index (χ0v) is 14.8. The van der Waals surface area contributed by atoms with Gasteiger partial charge in [0.25, 0.3) is 5.22 Å². The number of nitrogens with zero attached hydrogens (tertiary/aromatic N) is 2. The van der Waals surface area contributed by atoms with Crippen molar-refractivity contribution in [1.82, 2.24) is 10.2 Å². The normalized spacial score (nSPS) is 10.7. The Labute approximate surface area is 146 Å². The van der Waals surface area contributed by atoms with Crippen molar-refractivity contribution in [3.8, 4) is 23.0 Å². The molecule has 3 rings (SSSR count). The van der Waals surface area contributed by atoms with Crippen LogP contribution in [0, 0.1) is 0 Å². The molecule has 0 fully saturated rings. The second-order valence-corrected chi connectivity index (χ2v) is 7.20. The smallest absolute Gasteiger partial charge is 0.277 e. The van der Waals surface area contributed by atoms with Gasteiger partial charge in [0.1, 0.15) is 11.5 Å². The van der Waals surface area contributed by atoms with Crippen molar-refractivity contribution in [2.24, 2.45) is 0 Å². The molecule has 8 heteroatoms. The van der Waals surface area contributed by atoms with Crippen molar-refractivity contribution >= 4 is 34.7 Å². The standard InChI is InChI=1S/C15H13ClN2O3S2/c1-19-10-5-9(6-11(7-10)20-2)14-17-18-15(21-14)22-8-12-3-4-13(16)23-12/h3-7H,8H2,1-2H3. The number of thioether (sulfide) groups is 1. The lowest BCUT2D eigenvalue weighted by atomic mass is 10.2. The molecule has 0 aliphatic rings. The van der Waals surface area contributed by atoms with Crippen LogP contribution in [-0.4, -0.2) is 24.4 Å². The summed E-state index contributed by atoms with van der Waals surface area (Å²) in [7, 11) is 3.19. The number of hydrogen-bond donors (Lipinski definition) is 0. The van der Waals surface area contributed by atoms with Crippen LogP contribution in [0.1, 0.15) is 4.88 Å². The Morgan fingerprint density at radius 3 is 2.48 bits per heavy atom. The molecule has 0 saturated heterocycles. The van der Waals surface area contributed by atoms with Gasteiger partial charge in [-0.25, -0.2) is 0 Å². The first-order valence-corrected chi connectivity index (χ1v) is 8.80. The van der Waals surface area contributed by atoms with Gasteiger partial charge in [0, 0.05) is 22.3 Å². The summed E-state index contributed by atoms with van der Waals surface area (Å²) in [6, 6.07) is 9.30. The Bertz CT molecular complexity index is 781. The number of ether oxygens (including phenoxy) is 2. The topological polar surface area (TPSA) is 57.4 Å². The summed E-state index contributed by atoms with van der Waals surface area (Å²) in [6.07, 6.45) is 0. The van der Waals surface area contributed by atoms with E-state index in [0.29, 0.717) is 22.6 Å². The van der Waals surface area contributed by atoms with Crippen molar-refractivity contribution in [3.05, 3.63) is 39.5 Å². The summed E-state index contributed by atoms with van der Waals surface area (Å²) in [6.45, 7) is 0. The third-order valence-corrected chi connectivity index (χ3v) is 5.25. The summed E-state index contributed by atoms with van der Waals surface area (Å²) in [5, 5.41) is 8.65. The van der Waals surface area contributed by atoms with E-state index in [1.165, 1.54) is 11.8 Å². The summed E-state index contributed by atoms with van der Waals surface area (Å²) in [5.41, 5.74) is 0.750. The van der Waals surface area contributed by atoms with Crippen molar-refractivity contribution < 1.29 is 13.9 Å². The van der Waals surface area contributed by atoms with Crippen molar-refractivity contribution in [3.63, 3.8) is 0 Å². The molecule has 120 valence electrons. The van der Waals surface area contributed by atoms with E-state index < -0.39 is 0 Å². The van der Waals surface area contributed by atoms with E-state index in [1.807, 2.05) is 24.3 Å². The Kier molecular flexibility index (Phi) is 5.09. The van der Waals surface area contributed by atoms with Gasteiger partial charge in [0.2, 0.25) is 5.89 Å². The van der Waals surface area contributed by atoms with Gasteiger partial charge in [-0.1, -0.05) is 23.4 Å². The van der Waals surface area contributed by atoms with Crippen LogP contribution in [0.2, 0.25) is 4.34 Å². The summed E-state index contributed by atoms with van der Waals surface area (Å²) in [4.78, 5) is 1.16. The molecule has 0 atom stereocenters. The van der Waals surface area contributed by atoms with Crippen molar-refractivity contribution in [2.75, 3.05) is 14.2 Å². The van der Waals surface area contributed by atoms with Gasteiger partial charge in [-0.15, -0.1) is 21.5 Å². The second-order valence-electron chi connectivity index (χ2n) is 4.47. The minimum absolute atomic E-state index is 0.425. The first-order valence-electron chi connectivity index (χ1n) is 6.62. The van der Waals surface area contributed by atoms with E-state index in [1.54, 1.807) is 31.6 Å². The zero-order chi connectivity index (χ0) is 16.2. The summed E-state index contributed by atoms with van der Waals surface area (Å²) < 4.78 is 17.0. The van der Waals surface area contributed by atoms with Gasteiger partial charge >= 0.3 is 0 Å². The lowest BCUT2D eigenvalue weighted by Crippen LogP contribution is -1.88. The lowest BCUT2D eigenvalue weighted by molar-refractivity contribution is 0.394. The fraction of sp³-hybridized carbons (Fsp3) is 0.200. The van der Waals surface area contributed by atoms with Crippen LogP contribution in [-0.2, 0) is 5.75 Å². The molecule has 3 aromatic rings. The average Bonchev–Trinajstić information content (AvgIpc) is 3.21. The molecular formula is C15H13ClN2O3S2. The average molecular weight is 369 g/mol. The predicted molar refractivity (Wildman–Crippen MR) is 91.7 cm³/mol. The molecule has 0 bridgehead atoms. The molecule has 0 amide bonds. The van der Waals surface area contributed by atoms with Crippen LogP contribution in [0.25, 0.3) is 11.5 Å². The van der Waals surface area contributed by atoms with Crippen LogP contribution in [0.4, 0.5) is 0 Å². The highest BCUT2D eigenvalue weighted by Gasteiger charge is 2.12. The fourth-order valence-corrected chi connectivity index (χ4v) is 3.77. The molecule has 0 aliphatic carbocycles. The number of hydrogen-bond acceptors (Lipinski definition) is 7. The van der Waals surface area contributed by atoms with Crippen molar-refractivity contribution in [2.45, 2.75) is 11.0 Å². The highest BCUT2D eigenvalue weighted by atomic mass is 35.5. The number of benzene rings is 1. The highest BCUT2D eigenvalue weighted by molar-refractivity contribution is 7.98. The first kappa shape index (κ1) is 16.2. The molecule has 2 aromatic heterocycles. The Hall–Kier alpha value is -1.70. The molecule has 2 heterocycles. The summed E-state index contributed by atoms with van der Waals surface area (Å²) >= 11 is 8.93. The van der Waals surface area contributed by atoms with Gasteiger partial charge in [0.15, 0.2) is 0 Å². The monoisotopic (exact) mass is 368 g/mol. The van der Waals surface area contributed by atoms with E-state index >= 15 is 0 Å². The lowest BCUT2D eigenvalue weighted by Gasteiger charge is -2.05. The first-order chi connectivity index (χ1) is 11.2. The predicted octanol–water partition coefficient (Wildman–Crippen LogP) is 4.76. The number of aromatic nitrogens is 2. The molecule has 0 saturated carbocycles. The zero-order valence-electron chi connectivity index (χ0n) is 12.4. The van der Waals surface area contributed by atoms with Gasteiger partial charge in [-0.2, -0.15) is 0 Å². The molecule has 0 N–H and O–H groups in total. The largest absolute Gasteiger partial charge is 0.497 e. The van der Waals surface area contributed by atoms with Crippen LogP contribution < -0.4 is 9.47 Å². The maximum atomic E-state index is 5.92. The molecule has 0 aliphatic heterocycles. The molecule has 5 nitrogen and oxygen atoms in total. The summed E-state index contributed by atoms with van der Waals surface area (Å²) in [5.74, 6) is 2.49. The minimum Gasteiger partial charge on any atom is -0.497 e. The third kappa shape index (κ3) is 3.99. The van der Waals surface area contributed by atoms with Gasteiger partial charge in [-0.3, -0.25) is 0 Å². The van der Waals surface area contributed by atoms with E-state index in [-0.39, 0.29) is 0 Å². The fourth-order valence-electron chi connectivity index (χ4n) is 1.88. The second kappa shape index (κ2) is 7.25. The number of halogens is 1. The van der Waals surface area contributed by atoms with Crippen LogP contribution in [0.15, 0.2) is 40.0 Å². The Balaban J connectivity index is 1.76. The van der Waals surface area contributed by atoms with Gasteiger partial charge < -0.3 is 13.9 Å². The van der Waals surface area contributed by atoms with E-state index in [9.17, 15) is 0 Å². The quantitative estimate of drug-likeness (QED) is 0.584. The van der Waals surface area contributed by atoms with Crippen molar-refractivity contribution in [1.29, 1.82) is 0 Å². The number of thiophene rings is 1. The molecule has 0 radical (unpaired) electrons. The SMILES string of the molecule is COc1cc(OC)cc(-c2nnc(SCc3ccc(Cl)s3)o2)c1. The highest BCUT2D eigenvalue weighted by Crippen LogP contribution is 2.32. The Morgan fingerprint density at radius 2 is 1.87 bits per heavy atom. The maximum Gasteiger partial charge on any atom is 0.277 e. The van der Waals surface area contributed by atoms with Gasteiger partial charge in [0.05, 0.1) is 18.6 Å². The van der Waals surface area contributed by atoms with E-state index in [4.69, 9.17) is 25.5 Å². The number of rotatable bonds is 6. The molecule has 0 spiro atoms. The Morgan fingerprint density at radius 1 is 1.13 bits per heavy atom. The van der Waals surface area contributed by atoms with Crippen LogP contribution in [0.3, 0.4) is 0 Å². The van der Waals surface area contributed by atoms with Gasteiger partial charge in [-0.05, 0) is 24.3 Å². The molecule has 1 aromatic carbocycles. The molecule has 23 heavy (non-hydrogen) atoms. The van der Waals surface area contributed by atoms with Crippen LogP contribution >= 0.6 is 34.7 Å². The number of methoxy groups -OCH3 is 2. The minimum atomic E-state index is 0.425. The van der Waals surface area contributed by atoms with E-state index in [2.05, 4.69) is 10.2 Å². The van der Waals surface area contributed by atoms with Crippen LogP contribution in [0.5, 0.6) is 11.5 Å².